The Balaban J connectivity index is 2.06. The second-order valence-corrected chi connectivity index (χ2v) is 4.47. The van der Waals surface area contributed by atoms with Gasteiger partial charge in [-0.15, -0.1) is 0 Å². The van der Waals surface area contributed by atoms with Gasteiger partial charge in [-0.3, -0.25) is 0 Å². The smallest absolute Gasteiger partial charge is 0.134 e. The minimum atomic E-state index is -0.245. The van der Waals surface area contributed by atoms with Crippen LogP contribution in [0.3, 0.4) is 0 Å². The molecule has 1 fully saturated rings. The number of nitrogens with zero attached hydrogens (tertiary/aromatic N) is 3. The number of hydrogen-bond donors (Lipinski definition) is 2. The van der Waals surface area contributed by atoms with Crippen LogP contribution in [0.25, 0.3) is 0 Å². The molecule has 2 rings (SSSR count). The monoisotopic (exact) mass is 252 g/mol. The standard InChI is InChI=1S/C12H20N4O2/c1-9-14-11(13-4-6-18-2)7-12(15-9)16-5-3-10(17)8-16/h7,10,17H,3-6,8H2,1-2H3,(H,13,14,15). The first kappa shape index (κ1) is 13.0. The maximum absolute atomic E-state index is 9.56. The van der Waals surface area contributed by atoms with Crippen LogP contribution in [0.5, 0.6) is 0 Å². The molecule has 6 heteroatoms. The third-order valence-electron chi connectivity index (χ3n) is 2.92. The van der Waals surface area contributed by atoms with E-state index >= 15 is 0 Å². The Labute approximate surface area is 107 Å². The molecule has 1 aliphatic heterocycles. The Morgan fingerprint density at radius 3 is 3.06 bits per heavy atom. The van der Waals surface area contributed by atoms with E-state index in [0.717, 1.165) is 37.0 Å². The molecule has 0 saturated carbocycles. The summed E-state index contributed by atoms with van der Waals surface area (Å²) < 4.78 is 4.99. The van der Waals surface area contributed by atoms with Crippen molar-refractivity contribution in [3.05, 3.63) is 11.9 Å². The van der Waals surface area contributed by atoms with Crippen molar-refractivity contribution in [1.29, 1.82) is 0 Å². The maximum atomic E-state index is 9.56. The number of aromatic nitrogens is 2. The van der Waals surface area contributed by atoms with Crippen molar-refractivity contribution in [3.8, 4) is 0 Å². The second-order valence-electron chi connectivity index (χ2n) is 4.47. The summed E-state index contributed by atoms with van der Waals surface area (Å²) in [5.41, 5.74) is 0. The van der Waals surface area contributed by atoms with E-state index in [1.54, 1.807) is 7.11 Å². The van der Waals surface area contributed by atoms with Crippen molar-refractivity contribution < 1.29 is 9.84 Å². The molecular weight excluding hydrogens is 232 g/mol. The molecule has 1 aromatic heterocycles. The number of nitrogens with one attached hydrogen (secondary N) is 1. The summed E-state index contributed by atoms with van der Waals surface area (Å²) >= 11 is 0. The first-order valence-corrected chi connectivity index (χ1v) is 6.20. The fraction of sp³-hybridized carbons (Fsp3) is 0.667. The number of anilines is 2. The molecule has 100 valence electrons. The predicted octanol–water partition coefficient (Wildman–Crippen LogP) is 0.414. The molecule has 0 amide bonds. The van der Waals surface area contributed by atoms with E-state index in [1.165, 1.54) is 0 Å². The van der Waals surface area contributed by atoms with Crippen LogP contribution in [0, 0.1) is 6.92 Å². The number of aliphatic hydroxyl groups is 1. The predicted molar refractivity (Wildman–Crippen MR) is 70.0 cm³/mol. The Hall–Kier alpha value is -1.40. The SMILES string of the molecule is COCCNc1cc(N2CCC(O)C2)nc(C)n1. The number of ether oxygens (including phenoxy) is 1. The minimum absolute atomic E-state index is 0.245. The number of aliphatic hydroxyl groups excluding tert-OH is 1. The zero-order valence-corrected chi connectivity index (χ0v) is 10.9. The summed E-state index contributed by atoms with van der Waals surface area (Å²) in [5, 5.41) is 12.8. The molecule has 2 N–H and O–H groups in total. The van der Waals surface area contributed by atoms with Crippen molar-refractivity contribution >= 4 is 11.6 Å². The lowest BCUT2D eigenvalue weighted by Crippen LogP contribution is -2.23. The molecule has 0 radical (unpaired) electrons. The van der Waals surface area contributed by atoms with Crippen LogP contribution in [0.4, 0.5) is 11.6 Å². The van der Waals surface area contributed by atoms with Crippen molar-refractivity contribution in [3.63, 3.8) is 0 Å². The fourth-order valence-electron chi connectivity index (χ4n) is 2.04. The van der Waals surface area contributed by atoms with Crippen LogP contribution in [0.15, 0.2) is 6.07 Å². The van der Waals surface area contributed by atoms with E-state index in [2.05, 4.69) is 20.2 Å². The highest BCUT2D eigenvalue weighted by atomic mass is 16.5. The molecule has 1 unspecified atom stereocenters. The molecule has 18 heavy (non-hydrogen) atoms. The lowest BCUT2D eigenvalue weighted by Gasteiger charge is -2.18. The zero-order chi connectivity index (χ0) is 13.0. The molecule has 1 aromatic rings. The minimum Gasteiger partial charge on any atom is -0.391 e. The van der Waals surface area contributed by atoms with Crippen molar-refractivity contribution in [1.82, 2.24) is 9.97 Å². The van der Waals surface area contributed by atoms with Gasteiger partial charge in [0.15, 0.2) is 0 Å². The largest absolute Gasteiger partial charge is 0.391 e. The number of rotatable bonds is 5. The summed E-state index contributed by atoms with van der Waals surface area (Å²) in [4.78, 5) is 10.8. The lowest BCUT2D eigenvalue weighted by atomic mass is 10.3. The quantitative estimate of drug-likeness (QED) is 0.740. The van der Waals surface area contributed by atoms with Gasteiger partial charge >= 0.3 is 0 Å². The first-order chi connectivity index (χ1) is 8.69. The third-order valence-corrected chi connectivity index (χ3v) is 2.92. The lowest BCUT2D eigenvalue weighted by molar-refractivity contribution is 0.198. The summed E-state index contributed by atoms with van der Waals surface area (Å²) in [5.74, 6) is 2.41. The molecular formula is C12H20N4O2. The van der Waals surface area contributed by atoms with Crippen LogP contribution in [-0.4, -0.2) is 54.5 Å². The Kier molecular flexibility index (Phi) is 4.33. The van der Waals surface area contributed by atoms with Gasteiger partial charge in [0.2, 0.25) is 0 Å². The fourth-order valence-corrected chi connectivity index (χ4v) is 2.04. The van der Waals surface area contributed by atoms with Gasteiger partial charge in [-0.2, -0.15) is 0 Å². The van der Waals surface area contributed by atoms with Crippen LogP contribution < -0.4 is 10.2 Å². The van der Waals surface area contributed by atoms with Crippen molar-refractivity contribution in [2.75, 3.05) is 43.6 Å². The van der Waals surface area contributed by atoms with Gasteiger partial charge in [-0.1, -0.05) is 0 Å². The van der Waals surface area contributed by atoms with Crippen molar-refractivity contribution in [2.24, 2.45) is 0 Å². The van der Waals surface area contributed by atoms with E-state index in [1.807, 2.05) is 13.0 Å². The summed E-state index contributed by atoms with van der Waals surface area (Å²) in [6.07, 6.45) is 0.556. The molecule has 0 spiro atoms. The highest BCUT2D eigenvalue weighted by Gasteiger charge is 2.21. The molecule has 0 aromatic carbocycles. The number of aryl methyl sites for hydroxylation is 1. The van der Waals surface area contributed by atoms with E-state index in [0.29, 0.717) is 13.2 Å². The molecule has 2 heterocycles. The highest BCUT2D eigenvalue weighted by molar-refractivity contribution is 5.50. The average molecular weight is 252 g/mol. The van der Waals surface area contributed by atoms with Gasteiger partial charge in [0.1, 0.15) is 17.5 Å². The van der Waals surface area contributed by atoms with Gasteiger partial charge in [-0.25, -0.2) is 9.97 Å². The van der Waals surface area contributed by atoms with E-state index in [-0.39, 0.29) is 6.10 Å². The normalized spacial score (nSPS) is 19.3. The second kappa shape index (κ2) is 5.97. The van der Waals surface area contributed by atoms with E-state index < -0.39 is 0 Å². The molecule has 1 aliphatic rings. The topological polar surface area (TPSA) is 70.5 Å². The Morgan fingerprint density at radius 1 is 1.56 bits per heavy atom. The summed E-state index contributed by atoms with van der Waals surface area (Å²) in [7, 11) is 1.67. The van der Waals surface area contributed by atoms with Crippen LogP contribution in [0.1, 0.15) is 12.2 Å². The Bertz CT molecular complexity index is 400. The Morgan fingerprint density at radius 2 is 2.39 bits per heavy atom. The molecule has 6 nitrogen and oxygen atoms in total. The number of β-amino-alcohol motifs (C(OH)–C–C–N with tert-alkyl or cyclic N) is 1. The van der Waals surface area contributed by atoms with Crippen LogP contribution >= 0.6 is 0 Å². The number of hydrogen-bond acceptors (Lipinski definition) is 6. The van der Waals surface area contributed by atoms with Crippen LogP contribution in [0.2, 0.25) is 0 Å². The summed E-state index contributed by atoms with van der Waals surface area (Å²) in [6, 6.07) is 1.92. The first-order valence-electron chi connectivity index (χ1n) is 6.20. The molecule has 1 atom stereocenters. The molecule has 0 bridgehead atoms. The highest BCUT2D eigenvalue weighted by Crippen LogP contribution is 2.20. The van der Waals surface area contributed by atoms with Gasteiger partial charge in [0.25, 0.3) is 0 Å². The van der Waals surface area contributed by atoms with Crippen molar-refractivity contribution in [2.45, 2.75) is 19.4 Å². The number of methoxy groups -OCH3 is 1. The third kappa shape index (κ3) is 3.30. The van der Waals surface area contributed by atoms with E-state index in [9.17, 15) is 5.11 Å². The van der Waals surface area contributed by atoms with Gasteiger partial charge in [0.05, 0.1) is 12.7 Å². The van der Waals surface area contributed by atoms with Gasteiger partial charge in [0, 0.05) is 32.8 Å². The average Bonchev–Trinajstić information content (AvgIpc) is 2.76. The van der Waals surface area contributed by atoms with Gasteiger partial charge in [-0.05, 0) is 13.3 Å². The molecule has 1 saturated heterocycles. The van der Waals surface area contributed by atoms with E-state index in [4.69, 9.17) is 4.74 Å². The molecule has 0 aliphatic carbocycles. The summed E-state index contributed by atoms with van der Waals surface area (Å²) in [6.45, 7) is 4.72. The zero-order valence-electron chi connectivity index (χ0n) is 10.9. The van der Waals surface area contributed by atoms with Crippen LogP contribution in [-0.2, 0) is 4.74 Å². The maximum Gasteiger partial charge on any atom is 0.134 e. The van der Waals surface area contributed by atoms with Gasteiger partial charge < -0.3 is 20.1 Å².